The van der Waals surface area contributed by atoms with Crippen molar-refractivity contribution in [3.63, 3.8) is 0 Å². The summed E-state index contributed by atoms with van der Waals surface area (Å²) in [6, 6.07) is 0. The number of likely N-dealkylation sites (tertiary alicyclic amines) is 1. The fourth-order valence-electron chi connectivity index (χ4n) is 3.15. The summed E-state index contributed by atoms with van der Waals surface area (Å²) in [6.07, 6.45) is 3.10. The number of aliphatic hydroxyl groups is 1. The van der Waals surface area contributed by atoms with Crippen LogP contribution in [0.2, 0.25) is 0 Å². The zero-order valence-corrected chi connectivity index (χ0v) is 11.4. The molecular weight excluding hydrogens is 246 g/mol. The smallest absolute Gasteiger partial charge is 0.306 e. The Morgan fingerprint density at radius 3 is 2.47 bits per heavy atom. The molecule has 0 aromatic rings. The Kier molecular flexibility index (Phi) is 4.45. The second-order valence-corrected chi connectivity index (χ2v) is 6.02. The van der Waals surface area contributed by atoms with E-state index in [0.29, 0.717) is 25.9 Å². The molecule has 0 aromatic heterocycles. The number of hydrogen-bond acceptors (Lipinski definition) is 3. The first kappa shape index (κ1) is 14.3. The van der Waals surface area contributed by atoms with Crippen LogP contribution in [-0.4, -0.2) is 46.2 Å². The molecule has 1 amide bonds. The van der Waals surface area contributed by atoms with Gasteiger partial charge in [-0.05, 0) is 31.6 Å². The molecule has 1 aliphatic carbocycles. The van der Waals surface area contributed by atoms with Crippen molar-refractivity contribution in [2.24, 2.45) is 17.8 Å². The number of aliphatic carboxylic acids is 1. The van der Waals surface area contributed by atoms with Crippen LogP contribution < -0.4 is 0 Å². The molecule has 2 N–H and O–H groups in total. The molecule has 2 aliphatic rings. The number of piperidine rings is 1. The summed E-state index contributed by atoms with van der Waals surface area (Å²) in [5, 5.41) is 18.9. The van der Waals surface area contributed by atoms with Gasteiger partial charge in [0.1, 0.15) is 0 Å². The number of amides is 1. The van der Waals surface area contributed by atoms with E-state index in [-0.39, 0.29) is 23.7 Å². The second-order valence-electron chi connectivity index (χ2n) is 6.02. The summed E-state index contributed by atoms with van der Waals surface area (Å²) in [4.78, 5) is 25.1. The van der Waals surface area contributed by atoms with Crippen molar-refractivity contribution in [2.45, 2.75) is 45.1 Å². The highest BCUT2D eigenvalue weighted by atomic mass is 16.4. The zero-order chi connectivity index (χ0) is 14.0. The standard InChI is InChI=1S/C14H23NO4/c1-9-5-6-15(8-12(9)16)13(17)10-3-2-4-11(7-10)14(18)19/h9-12,16H,2-8H2,1H3,(H,18,19). The third-order valence-electron chi connectivity index (χ3n) is 4.60. The van der Waals surface area contributed by atoms with Gasteiger partial charge in [-0.3, -0.25) is 9.59 Å². The summed E-state index contributed by atoms with van der Waals surface area (Å²) < 4.78 is 0. The van der Waals surface area contributed by atoms with Crippen LogP contribution in [0.3, 0.4) is 0 Å². The molecule has 19 heavy (non-hydrogen) atoms. The quantitative estimate of drug-likeness (QED) is 0.787. The number of aliphatic hydroxyl groups excluding tert-OH is 1. The molecule has 4 unspecified atom stereocenters. The van der Waals surface area contributed by atoms with Gasteiger partial charge in [0.15, 0.2) is 0 Å². The molecule has 108 valence electrons. The third kappa shape index (κ3) is 3.26. The number of carboxylic acid groups (broad SMARTS) is 1. The van der Waals surface area contributed by atoms with Crippen molar-refractivity contribution in [1.29, 1.82) is 0 Å². The van der Waals surface area contributed by atoms with Crippen LogP contribution in [0.5, 0.6) is 0 Å². The number of carbonyl (C=O) groups is 2. The summed E-state index contributed by atoms with van der Waals surface area (Å²) in [5.74, 6) is -1.06. The van der Waals surface area contributed by atoms with E-state index in [1.54, 1.807) is 4.90 Å². The summed E-state index contributed by atoms with van der Waals surface area (Å²) >= 11 is 0. The van der Waals surface area contributed by atoms with Crippen LogP contribution >= 0.6 is 0 Å². The normalized spacial score (nSPS) is 36.0. The van der Waals surface area contributed by atoms with E-state index in [1.807, 2.05) is 6.92 Å². The van der Waals surface area contributed by atoms with Gasteiger partial charge in [0.25, 0.3) is 0 Å². The maximum Gasteiger partial charge on any atom is 0.306 e. The Balaban J connectivity index is 1.94. The van der Waals surface area contributed by atoms with E-state index >= 15 is 0 Å². The summed E-state index contributed by atoms with van der Waals surface area (Å²) in [6.45, 7) is 3.08. The number of carboxylic acids is 1. The molecule has 2 rings (SSSR count). The fraction of sp³-hybridized carbons (Fsp3) is 0.857. The third-order valence-corrected chi connectivity index (χ3v) is 4.60. The largest absolute Gasteiger partial charge is 0.481 e. The van der Waals surface area contributed by atoms with Gasteiger partial charge in [-0.15, -0.1) is 0 Å². The van der Waals surface area contributed by atoms with Crippen molar-refractivity contribution in [2.75, 3.05) is 13.1 Å². The fourth-order valence-corrected chi connectivity index (χ4v) is 3.15. The average Bonchev–Trinajstić information content (AvgIpc) is 2.41. The minimum absolute atomic E-state index is 0.0388. The predicted molar refractivity (Wildman–Crippen MR) is 69.5 cm³/mol. The molecule has 0 spiro atoms. The summed E-state index contributed by atoms with van der Waals surface area (Å²) in [7, 11) is 0. The molecule has 0 aromatic carbocycles. The average molecular weight is 269 g/mol. The molecule has 4 atom stereocenters. The van der Waals surface area contributed by atoms with Gasteiger partial charge in [0.05, 0.1) is 12.0 Å². The highest BCUT2D eigenvalue weighted by Crippen LogP contribution is 2.31. The Morgan fingerprint density at radius 2 is 1.84 bits per heavy atom. The van der Waals surface area contributed by atoms with Gasteiger partial charge >= 0.3 is 5.97 Å². The van der Waals surface area contributed by atoms with Gasteiger partial charge in [-0.1, -0.05) is 13.3 Å². The highest BCUT2D eigenvalue weighted by molar-refractivity contribution is 5.80. The maximum atomic E-state index is 12.4. The maximum absolute atomic E-state index is 12.4. The van der Waals surface area contributed by atoms with Gasteiger partial charge in [0.2, 0.25) is 5.91 Å². The molecule has 2 fully saturated rings. The van der Waals surface area contributed by atoms with E-state index in [0.717, 1.165) is 19.3 Å². The monoisotopic (exact) mass is 269 g/mol. The van der Waals surface area contributed by atoms with Crippen molar-refractivity contribution in [1.82, 2.24) is 4.90 Å². The van der Waals surface area contributed by atoms with Crippen molar-refractivity contribution >= 4 is 11.9 Å². The first-order valence-corrected chi connectivity index (χ1v) is 7.18. The topological polar surface area (TPSA) is 77.8 Å². The molecule has 1 heterocycles. The number of β-amino-alcohol motifs (C(OH)–C–C–N with tert-alkyl or cyclic N) is 1. The molecule has 0 bridgehead atoms. The summed E-state index contributed by atoms with van der Waals surface area (Å²) in [5.41, 5.74) is 0. The van der Waals surface area contributed by atoms with E-state index in [2.05, 4.69) is 0 Å². The number of carbonyl (C=O) groups excluding carboxylic acids is 1. The lowest BCUT2D eigenvalue weighted by Crippen LogP contribution is -2.48. The van der Waals surface area contributed by atoms with Crippen LogP contribution in [0.4, 0.5) is 0 Å². The molecule has 1 aliphatic heterocycles. The molecule has 0 radical (unpaired) electrons. The van der Waals surface area contributed by atoms with Gasteiger partial charge in [0, 0.05) is 19.0 Å². The van der Waals surface area contributed by atoms with Crippen molar-refractivity contribution in [3.8, 4) is 0 Å². The lowest BCUT2D eigenvalue weighted by molar-refractivity contribution is -0.146. The number of hydrogen-bond donors (Lipinski definition) is 2. The van der Waals surface area contributed by atoms with Gasteiger partial charge in [-0.2, -0.15) is 0 Å². The van der Waals surface area contributed by atoms with Gasteiger partial charge < -0.3 is 15.1 Å². The molecule has 1 saturated heterocycles. The molecule has 5 heteroatoms. The van der Waals surface area contributed by atoms with Crippen molar-refractivity contribution < 1.29 is 19.8 Å². The van der Waals surface area contributed by atoms with Crippen LogP contribution in [-0.2, 0) is 9.59 Å². The number of rotatable bonds is 2. The minimum Gasteiger partial charge on any atom is -0.481 e. The first-order chi connectivity index (χ1) is 8.99. The van der Waals surface area contributed by atoms with Crippen LogP contribution in [0.15, 0.2) is 0 Å². The first-order valence-electron chi connectivity index (χ1n) is 7.18. The lowest BCUT2D eigenvalue weighted by atomic mass is 9.80. The van der Waals surface area contributed by atoms with E-state index in [1.165, 1.54) is 0 Å². The Labute approximate surface area is 113 Å². The Hall–Kier alpha value is -1.10. The molecule has 1 saturated carbocycles. The second kappa shape index (κ2) is 5.90. The predicted octanol–water partition coefficient (Wildman–Crippen LogP) is 1.11. The Morgan fingerprint density at radius 1 is 1.16 bits per heavy atom. The van der Waals surface area contributed by atoms with E-state index in [4.69, 9.17) is 5.11 Å². The van der Waals surface area contributed by atoms with Crippen LogP contribution in [0.25, 0.3) is 0 Å². The number of nitrogens with zero attached hydrogens (tertiary/aromatic N) is 1. The van der Waals surface area contributed by atoms with Gasteiger partial charge in [-0.25, -0.2) is 0 Å². The zero-order valence-electron chi connectivity index (χ0n) is 11.4. The van der Waals surface area contributed by atoms with Crippen LogP contribution in [0, 0.1) is 17.8 Å². The Bertz CT molecular complexity index is 357. The minimum atomic E-state index is -0.787. The lowest BCUT2D eigenvalue weighted by Gasteiger charge is -2.37. The molecule has 5 nitrogen and oxygen atoms in total. The highest BCUT2D eigenvalue weighted by Gasteiger charge is 2.35. The van der Waals surface area contributed by atoms with Crippen molar-refractivity contribution in [3.05, 3.63) is 0 Å². The van der Waals surface area contributed by atoms with Crippen LogP contribution in [0.1, 0.15) is 39.0 Å². The molecular formula is C14H23NO4. The van der Waals surface area contributed by atoms with E-state index < -0.39 is 12.1 Å². The van der Waals surface area contributed by atoms with E-state index in [9.17, 15) is 14.7 Å². The SMILES string of the molecule is CC1CCN(C(=O)C2CCCC(C(=O)O)C2)CC1O.